The van der Waals surface area contributed by atoms with Crippen LogP contribution in [0.1, 0.15) is 29.7 Å². The number of halogens is 1. The van der Waals surface area contributed by atoms with Gasteiger partial charge in [-0.3, -0.25) is 0 Å². The molecule has 0 fully saturated rings. The van der Waals surface area contributed by atoms with Gasteiger partial charge in [-0.2, -0.15) is 0 Å². The van der Waals surface area contributed by atoms with Crippen LogP contribution in [0, 0.1) is 6.92 Å². The Morgan fingerprint density at radius 1 is 1.21 bits per heavy atom. The van der Waals surface area contributed by atoms with Gasteiger partial charge in [-0.1, -0.05) is 35.9 Å². The van der Waals surface area contributed by atoms with Crippen molar-refractivity contribution >= 4 is 11.6 Å². The summed E-state index contributed by atoms with van der Waals surface area (Å²) in [6.45, 7) is 4.23. The standard InChI is InChI=1S/C16H17ClO2/c1-11-5-3-4-6-13(11)10-19-16-8-7-14(17)9-15(16)12(2)18/h3-9,12,18H,10H2,1-2H3/t12-/m1/s1. The second kappa shape index (κ2) is 6.09. The average Bonchev–Trinajstić information content (AvgIpc) is 2.38. The lowest BCUT2D eigenvalue weighted by molar-refractivity contribution is 0.190. The maximum Gasteiger partial charge on any atom is 0.125 e. The highest BCUT2D eigenvalue weighted by Crippen LogP contribution is 2.29. The minimum absolute atomic E-state index is 0.480. The molecule has 0 heterocycles. The summed E-state index contributed by atoms with van der Waals surface area (Å²) in [6, 6.07) is 13.4. The fourth-order valence-corrected chi connectivity index (χ4v) is 2.09. The molecule has 0 amide bonds. The molecule has 0 unspecified atom stereocenters. The summed E-state index contributed by atoms with van der Waals surface area (Å²) < 4.78 is 5.80. The van der Waals surface area contributed by atoms with E-state index in [0.29, 0.717) is 22.9 Å². The van der Waals surface area contributed by atoms with Gasteiger partial charge in [-0.05, 0) is 43.2 Å². The normalized spacial score (nSPS) is 12.2. The number of aryl methyl sites for hydroxylation is 1. The first kappa shape index (κ1) is 13.9. The molecule has 1 N–H and O–H groups in total. The van der Waals surface area contributed by atoms with E-state index in [4.69, 9.17) is 16.3 Å². The zero-order valence-corrected chi connectivity index (χ0v) is 11.8. The predicted octanol–water partition coefficient (Wildman–Crippen LogP) is 4.28. The van der Waals surface area contributed by atoms with Crippen molar-refractivity contribution in [2.45, 2.75) is 26.6 Å². The third kappa shape index (κ3) is 3.49. The molecular weight excluding hydrogens is 260 g/mol. The van der Waals surface area contributed by atoms with Gasteiger partial charge in [-0.25, -0.2) is 0 Å². The van der Waals surface area contributed by atoms with Crippen LogP contribution in [0.25, 0.3) is 0 Å². The molecule has 2 aromatic carbocycles. The van der Waals surface area contributed by atoms with Gasteiger partial charge < -0.3 is 9.84 Å². The first-order valence-corrected chi connectivity index (χ1v) is 6.60. The predicted molar refractivity (Wildman–Crippen MR) is 77.6 cm³/mol. The zero-order chi connectivity index (χ0) is 13.8. The smallest absolute Gasteiger partial charge is 0.125 e. The van der Waals surface area contributed by atoms with Crippen LogP contribution in [0.5, 0.6) is 5.75 Å². The van der Waals surface area contributed by atoms with Crippen LogP contribution in [0.4, 0.5) is 0 Å². The van der Waals surface area contributed by atoms with E-state index in [1.165, 1.54) is 5.56 Å². The molecule has 2 aromatic rings. The third-order valence-corrected chi connectivity index (χ3v) is 3.30. The summed E-state index contributed by atoms with van der Waals surface area (Å²) in [5, 5.41) is 10.3. The van der Waals surface area contributed by atoms with E-state index in [-0.39, 0.29) is 0 Å². The Balaban J connectivity index is 2.18. The Morgan fingerprint density at radius 3 is 2.63 bits per heavy atom. The van der Waals surface area contributed by atoms with Crippen molar-refractivity contribution in [1.29, 1.82) is 0 Å². The Morgan fingerprint density at radius 2 is 1.95 bits per heavy atom. The van der Waals surface area contributed by atoms with E-state index in [9.17, 15) is 5.11 Å². The first-order chi connectivity index (χ1) is 9.08. The molecule has 0 radical (unpaired) electrons. The Bertz CT molecular complexity index is 564. The monoisotopic (exact) mass is 276 g/mol. The van der Waals surface area contributed by atoms with Gasteiger partial charge in [-0.15, -0.1) is 0 Å². The molecular formula is C16H17ClO2. The number of hydrogen-bond donors (Lipinski definition) is 1. The Kier molecular flexibility index (Phi) is 4.46. The number of aliphatic hydroxyl groups excluding tert-OH is 1. The second-order valence-corrected chi connectivity index (χ2v) is 5.01. The van der Waals surface area contributed by atoms with Crippen LogP contribution in [0.3, 0.4) is 0 Å². The third-order valence-electron chi connectivity index (χ3n) is 3.07. The number of aliphatic hydroxyl groups is 1. The molecule has 0 spiro atoms. The highest BCUT2D eigenvalue weighted by atomic mass is 35.5. The van der Waals surface area contributed by atoms with E-state index < -0.39 is 6.10 Å². The van der Waals surface area contributed by atoms with Crippen molar-refractivity contribution < 1.29 is 9.84 Å². The van der Waals surface area contributed by atoms with Crippen molar-refractivity contribution in [2.75, 3.05) is 0 Å². The Labute approximate surface area is 118 Å². The van der Waals surface area contributed by atoms with Gasteiger partial charge in [0.1, 0.15) is 12.4 Å². The summed E-state index contributed by atoms with van der Waals surface area (Å²) >= 11 is 5.94. The summed E-state index contributed by atoms with van der Waals surface area (Å²) in [5.41, 5.74) is 3.03. The molecule has 100 valence electrons. The van der Waals surface area contributed by atoms with Crippen LogP contribution in [0.15, 0.2) is 42.5 Å². The van der Waals surface area contributed by atoms with Crippen LogP contribution >= 0.6 is 11.6 Å². The van der Waals surface area contributed by atoms with Crippen molar-refractivity contribution in [3.8, 4) is 5.75 Å². The molecule has 1 atom stereocenters. The van der Waals surface area contributed by atoms with Crippen molar-refractivity contribution in [1.82, 2.24) is 0 Å². The molecule has 2 nitrogen and oxygen atoms in total. The lowest BCUT2D eigenvalue weighted by Gasteiger charge is -2.14. The second-order valence-electron chi connectivity index (χ2n) is 4.57. The Hall–Kier alpha value is -1.51. The highest BCUT2D eigenvalue weighted by Gasteiger charge is 2.10. The molecule has 0 aliphatic heterocycles. The van der Waals surface area contributed by atoms with Crippen LogP contribution in [0.2, 0.25) is 5.02 Å². The molecule has 0 bridgehead atoms. The van der Waals surface area contributed by atoms with E-state index in [2.05, 4.69) is 13.0 Å². The summed E-state index contributed by atoms with van der Waals surface area (Å²) in [4.78, 5) is 0. The molecule has 0 saturated heterocycles. The quantitative estimate of drug-likeness (QED) is 0.903. The first-order valence-electron chi connectivity index (χ1n) is 6.22. The number of ether oxygens (including phenoxy) is 1. The average molecular weight is 277 g/mol. The van der Waals surface area contributed by atoms with E-state index in [0.717, 1.165) is 5.56 Å². The van der Waals surface area contributed by atoms with Gasteiger partial charge in [0.05, 0.1) is 6.10 Å². The minimum Gasteiger partial charge on any atom is -0.489 e. The van der Waals surface area contributed by atoms with Crippen LogP contribution in [-0.4, -0.2) is 5.11 Å². The molecule has 2 rings (SSSR count). The SMILES string of the molecule is Cc1ccccc1COc1ccc(Cl)cc1[C@@H](C)O. The van der Waals surface area contributed by atoms with Crippen LogP contribution < -0.4 is 4.74 Å². The highest BCUT2D eigenvalue weighted by molar-refractivity contribution is 6.30. The topological polar surface area (TPSA) is 29.5 Å². The summed E-state index contributed by atoms with van der Waals surface area (Å²) in [7, 11) is 0. The van der Waals surface area contributed by atoms with E-state index in [1.54, 1.807) is 25.1 Å². The van der Waals surface area contributed by atoms with Gasteiger partial charge in [0.15, 0.2) is 0 Å². The van der Waals surface area contributed by atoms with Gasteiger partial charge in [0.25, 0.3) is 0 Å². The number of hydrogen-bond acceptors (Lipinski definition) is 2. The number of benzene rings is 2. The van der Waals surface area contributed by atoms with Crippen LogP contribution in [-0.2, 0) is 6.61 Å². The van der Waals surface area contributed by atoms with E-state index in [1.807, 2.05) is 18.2 Å². The number of rotatable bonds is 4. The largest absolute Gasteiger partial charge is 0.489 e. The molecule has 19 heavy (non-hydrogen) atoms. The van der Waals surface area contributed by atoms with E-state index >= 15 is 0 Å². The molecule has 0 saturated carbocycles. The lowest BCUT2D eigenvalue weighted by atomic mass is 10.1. The van der Waals surface area contributed by atoms with Gasteiger partial charge in [0.2, 0.25) is 0 Å². The fraction of sp³-hybridized carbons (Fsp3) is 0.250. The molecule has 0 aromatic heterocycles. The molecule has 0 aliphatic rings. The molecule has 0 aliphatic carbocycles. The summed E-state index contributed by atoms with van der Waals surface area (Å²) in [6.07, 6.45) is -0.606. The van der Waals surface area contributed by atoms with Crippen molar-refractivity contribution in [3.05, 3.63) is 64.2 Å². The van der Waals surface area contributed by atoms with Crippen molar-refractivity contribution in [3.63, 3.8) is 0 Å². The zero-order valence-electron chi connectivity index (χ0n) is 11.1. The molecule has 3 heteroatoms. The maximum absolute atomic E-state index is 9.74. The van der Waals surface area contributed by atoms with Gasteiger partial charge >= 0.3 is 0 Å². The maximum atomic E-state index is 9.74. The lowest BCUT2D eigenvalue weighted by Crippen LogP contribution is -2.02. The minimum atomic E-state index is -0.606. The fourth-order valence-electron chi connectivity index (χ4n) is 1.90. The summed E-state index contributed by atoms with van der Waals surface area (Å²) in [5.74, 6) is 0.669. The van der Waals surface area contributed by atoms with Crippen molar-refractivity contribution in [2.24, 2.45) is 0 Å². The van der Waals surface area contributed by atoms with Gasteiger partial charge in [0, 0.05) is 10.6 Å².